The van der Waals surface area contributed by atoms with Crippen LogP contribution < -0.4 is 10.2 Å². The predicted molar refractivity (Wildman–Crippen MR) is 123 cm³/mol. The van der Waals surface area contributed by atoms with Crippen LogP contribution in [0, 0.1) is 0 Å². The van der Waals surface area contributed by atoms with Crippen molar-refractivity contribution in [1.82, 2.24) is 9.97 Å². The molecular formula is C24H22N4OS. The number of carbonyl (C=O) groups is 1. The highest BCUT2D eigenvalue weighted by Crippen LogP contribution is 2.25. The van der Waals surface area contributed by atoms with E-state index in [2.05, 4.69) is 15.3 Å². The number of thiazole rings is 1. The zero-order valence-electron chi connectivity index (χ0n) is 16.6. The first-order valence-corrected chi connectivity index (χ1v) is 10.6. The van der Waals surface area contributed by atoms with Crippen molar-refractivity contribution in [3.05, 3.63) is 96.4 Å². The summed E-state index contributed by atoms with van der Waals surface area (Å²) in [7, 11) is 1.94. The fraction of sp³-hybridized carbons (Fsp3) is 0.125. The van der Waals surface area contributed by atoms with Gasteiger partial charge in [-0.2, -0.15) is 0 Å². The number of nitrogens with one attached hydrogen (secondary N) is 1. The molecule has 0 saturated heterocycles. The van der Waals surface area contributed by atoms with Crippen molar-refractivity contribution < 1.29 is 4.79 Å². The van der Waals surface area contributed by atoms with Crippen molar-refractivity contribution in [3.63, 3.8) is 0 Å². The highest BCUT2D eigenvalue weighted by atomic mass is 32.1. The van der Waals surface area contributed by atoms with E-state index in [1.807, 2.05) is 78.7 Å². The first-order valence-electron chi connectivity index (χ1n) is 9.67. The molecule has 4 rings (SSSR count). The Kier molecular flexibility index (Phi) is 6.15. The van der Waals surface area contributed by atoms with Gasteiger partial charge in [0.2, 0.25) is 5.91 Å². The summed E-state index contributed by atoms with van der Waals surface area (Å²) in [6, 6.07) is 21.5. The molecule has 0 aliphatic carbocycles. The van der Waals surface area contributed by atoms with E-state index in [0.29, 0.717) is 6.42 Å². The molecular weight excluding hydrogens is 392 g/mol. The molecule has 150 valence electrons. The molecule has 2 heterocycles. The van der Waals surface area contributed by atoms with E-state index in [-0.39, 0.29) is 11.9 Å². The average Bonchev–Trinajstić information content (AvgIpc) is 3.33. The number of benzene rings is 2. The Morgan fingerprint density at radius 2 is 1.80 bits per heavy atom. The number of hydrogen-bond acceptors (Lipinski definition) is 5. The number of rotatable bonds is 7. The monoisotopic (exact) mass is 414 g/mol. The van der Waals surface area contributed by atoms with Gasteiger partial charge in [0.05, 0.1) is 11.7 Å². The molecule has 2 aromatic carbocycles. The Morgan fingerprint density at radius 3 is 2.53 bits per heavy atom. The lowest BCUT2D eigenvalue weighted by Crippen LogP contribution is -2.43. The largest absolute Gasteiger partial charge is 0.353 e. The van der Waals surface area contributed by atoms with E-state index in [4.69, 9.17) is 0 Å². The van der Waals surface area contributed by atoms with Gasteiger partial charge < -0.3 is 10.2 Å². The van der Waals surface area contributed by atoms with Crippen LogP contribution in [0.25, 0.3) is 11.1 Å². The molecule has 1 amide bonds. The standard InChI is InChI=1S/C24H22N4OS/c1-28(23-16-26-17-30-23)22(14-18-6-3-2-4-7-18)24(29)27-21-9-5-8-20(15-21)19-10-12-25-13-11-19/h2-13,15-17,22H,14H2,1H3,(H,27,29)/t22-/m0/s1. The molecule has 5 nitrogen and oxygen atoms in total. The third-order valence-corrected chi connectivity index (χ3v) is 5.81. The van der Waals surface area contributed by atoms with Gasteiger partial charge in [0.15, 0.2) is 0 Å². The van der Waals surface area contributed by atoms with Crippen LogP contribution in [-0.2, 0) is 11.2 Å². The molecule has 0 unspecified atom stereocenters. The zero-order chi connectivity index (χ0) is 20.8. The zero-order valence-corrected chi connectivity index (χ0v) is 17.4. The number of likely N-dealkylation sites (N-methyl/N-ethyl adjacent to an activating group) is 1. The summed E-state index contributed by atoms with van der Waals surface area (Å²) in [5, 5.41) is 4.06. The first-order chi connectivity index (χ1) is 14.7. The molecule has 1 atom stereocenters. The van der Waals surface area contributed by atoms with Crippen LogP contribution in [0.15, 0.2) is 90.8 Å². The van der Waals surface area contributed by atoms with Gasteiger partial charge in [-0.3, -0.25) is 14.8 Å². The number of nitrogens with zero attached hydrogens (tertiary/aromatic N) is 3. The van der Waals surface area contributed by atoms with Crippen molar-refractivity contribution in [2.24, 2.45) is 0 Å². The van der Waals surface area contributed by atoms with E-state index in [9.17, 15) is 4.79 Å². The van der Waals surface area contributed by atoms with Crippen molar-refractivity contribution in [2.45, 2.75) is 12.5 Å². The van der Waals surface area contributed by atoms with Crippen LogP contribution in [0.4, 0.5) is 10.7 Å². The molecule has 6 heteroatoms. The van der Waals surface area contributed by atoms with Crippen LogP contribution in [0.2, 0.25) is 0 Å². The second kappa shape index (κ2) is 9.33. The summed E-state index contributed by atoms with van der Waals surface area (Å²) in [6.45, 7) is 0. The fourth-order valence-corrected chi connectivity index (χ4v) is 3.97. The minimum absolute atomic E-state index is 0.0540. The van der Waals surface area contributed by atoms with Crippen LogP contribution in [0.3, 0.4) is 0 Å². The maximum absolute atomic E-state index is 13.3. The summed E-state index contributed by atoms with van der Waals surface area (Å²) in [4.78, 5) is 23.5. The Balaban J connectivity index is 1.57. The number of amides is 1. The normalized spacial score (nSPS) is 11.6. The highest BCUT2D eigenvalue weighted by Gasteiger charge is 2.25. The van der Waals surface area contributed by atoms with Crippen molar-refractivity contribution >= 4 is 27.9 Å². The minimum atomic E-state index is -0.363. The van der Waals surface area contributed by atoms with E-state index in [1.165, 1.54) is 11.3 Å². The topological polar surface area (TPSA) is 58.1 Å². The molecule has 0 spiro atoms. The molecule has 0 aliphatic rings. The minimum Gasteiger partial charge on any atom is -0.353 e. The van der Waals surface area contributed by atoms with Crippen LogP contribution in [0.5, 0.6) is 0 Å². The number of aromatic nitrogens is 2. The van der Waals surface area contributed by atoms with Gasteiger partial charge >= 0.3 is 0 Å². The summed E-state index contributed by atoms with van der Waals surface area (Å²) in [6.07, 6.45) is 5.92. The van der Waals surface area contributed by atoms with Crippen molar-refractivity contribution in [3.8, 4) is 11.1 Å². The lowest BCUT2D eigenvalue weighted by atomic mass is 10.0. The maximum atomic E-state index is 13.3. The van der Waals surface area contributed by atoms with E-state index >= 15 is 0 Å². The second-order valence-corrected chi connectivity index (χ2v) is 7.83. The van der Waals surface area contributed by atoms with Crippen LogP contribution in [-0.4, -0.2) is 29.0 Å². The Labute approximate surface area is 180 Å². The molecule has 2 aromatic heterocycles. The van der Waals surface area contributed by atoms with Gasteiger partial charge in [-0.25, -0.2) is 0 Å². The van der Waals surface area contributed by atoms with Gasteiger partial charge in [0.1, 0.15) is 11.0 Å². The predicted octanol–water partition coefficient (Wildman–Crippen LogP) is 4.89. The van der Waals surface area contributed by atoms with Crippen LogP contribution >= 0.6 is 11.3 Å². The average molecular weight is 415 g/mol. The van der Waals surface area contributed by atoms with Gasteiger partial charge in [-0.1, -0.05) is 42.5 Å². The Hall–Kier alpha value is -3.51. The lowest BCUT2D eigenvalue weighted by molar-refractivity contribution is -0.117. The molecule has 0 aliphatic heterocycles. The van der Waals surface area contributed by atoms with E-state index < -0.39 is 0 Å². The van der Waals surface area contributed by atoms with Crippen LogP contribution in [0.1, 0.15) is 5.56 Å². The third-order valence-electron chi connectivity index (χ3n) is 4.95. The highest BCUT2D eigenvalue weighted by molar-refractivity contribution is 7.13. The molecule has 1 N–H and O–H groups in total. The molecule has 0 radical (unpaired) electrons. The fourth-order valence-electron chi connectivity index (χ4n) is 3.33. The number of anilines is 2. The Bertz CT molecular complexity index is 1080. The quantitative estimate of drug-likeness (QED) is 0.468. The summed E-state index contributed by atoms with van der Waals surface area (Å²) in [5.74, 6) is -0.0540. The van der Waals surface area contributed by atoms with Gasteiger partial charge in [0, 0.05) is 31.5 Å². The number of carbonyl (C=O) groups excluding carboxylic acids is 1. The number of hydrogen-bond donors (Lipinski definition) is 1. The van der Waals surface area contributed by atoms with Crippen molar-refractivity contribution in [1.29, 1.82) is 0 Å². The third kappa shape index (κ3) is 4.72. The van der Waals surface area contributed by atoms with Crippen molar-refractivity contribution in [2.75, 3.05) is 17.3 Å². The molecule has 4 aromatic rings. The lowest BCUT2D eigenvalue weighted by Gasteiger charge is -2.27. The molecule has 0 saturated carbocycles. The summed E-state index contributed by atoms with van der Waals surface area (Å²) >= 11 is 1.52. The maximum Gasteiger partial charge on any atom is 0.247 e. The number of pyridine rings is 1. The SMILES string of the molecule is CN(c1cncs1)[C@@H](Cc1ccccc1)C(=O)Nc1cccc(-c2ccncc2)c1. The van der Waals surface area contributed by atoms with Gasteiger partial charge in [-0.05, 0) is 41.0 Å². The molecule has 0 fully saturated rings. The molecule has 30 heavy (non-hydrogen) atoms. The Morgan fingerprint density at radius 1 is 1.00 bits per heavy atom. The molecule has 0 bridgehead atoms. The van der Waals surface area contributed by atoms with Gasteiger partial charge in [0.25, 0.3) is 0 Å². The smallest absolute Gasteiger partial charge is 0.247 e. The second-order valence-electron chi connectivity index (χ2n) is 6.96. The first kappa shape index (κ1) is 19.8. The van der Waals surface area contributed by atoms with Gasteiger partial charge in [-0.15, -0.1) is 11.3 Å². The summed E-state index contributed by atoms with van der Waals surface area (Å²) < 4.78 is 0. The summed E-state index contributed by atoms with van der Waals surface area (Å²) in [5.41, 5.74) is 5.75. The van der Waals surface area contributed by atoms with E-state index in [0.717, 1.165) is 27.4 Å². The van der Waals surface area contributed by atoms with E-state index in [1.54, 1.807) is 24.1 Å².